The van der Waals surface area contributed by atoms with E-state index >= 15 is 0 Å². The molecular formula is C16H12F3N5OS. The van der Waals surface area contributed by atoms with E-state index in [1.54, 1.807) is 30.6 Å². The number of benzene rings is 1. The van der Waals surface area contributed by atoms with Crippen LogP contribution in [0.1, 0.15) is 5.56 Å². The third-order valence-corrected chi connectivity index (χ3v) is 4.14. The number of nitrogens with zero attached hydrogens (tertiary/aromatic N) is 4. The summed E-state index contributed by atoms with van der Waals surface area (Å²) in [5.74, 6) is -0.144. The van der Waals surface area contributed by atoms with Crippen LogP contribution in [0.25, 0.3) is 5.82 Å². The van der Waals surface area contributed by atoms with Crippen LogP contribution in [0.15, 0.2) is 59.9 Å². The quantitative estimate of drug-likeness (QED) is 0.688. The molecule has 0 aliphatic heterocycles. The molecule has 0 unspecified atom stereocenters. The second-order valence-electron chi connectivity index (χ2n) is 5.06. The van der Waals surface area contributed by atoms with Crippen molar-refractivity contribution in [2.45, 2.75) is 11.2 Å². The minimum absolute atomic E-state index is 0.0953. The molecule has 0 aliphatic carbocycles. The fourth-order valence-corrected chi connectivity index (χ4v) is 2.70. The lowest BCUT2D eigenvalue weighted by Gasteiger charge is -2.13. The molecule has 0 spiro atoms. The van der Waals surface area contributed by atoms with Crippen LogP contribution in [0.5, 0.6) is 0 Å². The number of alkyl halides is 3. The molecular weight excluding hydrogens is 367 g/mol. The van der Waals surface area contributed by atoms with Gasteiger partial charge in [-0.2, -0.15) is 18.3 Å². The zero-order valence-electron chi connectivity index (χ0n) is 13.1. The number of rotatable bonds is 5. The van der Waals surface area contributed by atoms with Gasteiger partial charge in [-0.3, -0.25) is 4.79 Å². The average molecular weight is 379 g/mol. The van der Waals surface area contributed by atoms with Crippen molar-refractivity contribution in [3.05, 3.63) is 60.4 Å². The van der Waals surface area contributed by atoms with Gasteiger partial charge in [-0.25, -0.2) is 4.68 Å². The first-order chi connectivity index (χ1) is 12.4. The Hall–Kier alpha value is -2.88. The molecule has 3 rings (SSSR count). The van der Waals surface area contributed by atoms with E-state index < -0.39 is 17.6 Å². The number of thioether (sulfide) groups is 1. The molecule has 0 fully saturated rings. The third-order valence-electron chi connectivity index (χ3n) is 3.22. The zero-order chi connectivity index (χ0) is 18.6. The van der Waals surface area contributed by atoms with Gasteiger partial charge in [-0.1, -0.05) is 23.9 Å². The Morgan fingerprint density at radius 2 is 1.92 bits per heavy atom. The van der Waals surface area contributed by atoms with Crippen LogP contribution in [0.2, 0.25) is 0 Å². The van der Waals surface area contributed by atoms with Gasteiger partial charge in [0.15, 0.2) is 5.82 Å². The summed E-state index contributed by atoms with van der Waals surface area (Å²) in [6, 6.07) is 9.91. The van der Waals surface area contributed by atoms with Crippen molar-refractivity contribution < 1.29 is 18.0 Å². The molecule has 26 heavy (non-hydrogen) atoms. The Kier molecular flexibility index (Phi) is 5.21. The number of aromatic nitrogens is 4. The van der Waals surface area contributed by atoms with E-state index in [9.17, 15) is 18.0 Å². The highest BCUT2D eigenvalue weighted by molar-refractivity contribution is 7.99. The summed E-state index contributed by atoms with van der Waals surface area (Å²) in [5.41, 5.74) is -1.16. The summed E-state index contributed by atoms with van der Waals surface area (Å²) in [7, 11) is 0. The van der Waals surface area contributed by atoms with Gasteiger partial charge in [-0.15, -0.1) is 10.2 Å². The molecule has 1 aromatic carbocycles. The van der Waals surface area contributed by atoms with E-state index in [4.69, 9.17) is 0 Å². The number of anilines is 1. The lowest BCUT2D eigenvalue weighted by atomic mass is 10.1. The van der Waals surface area contributed by atoms with Gasteiger partial charge in [0.25, 0.3) is 0 Å². The summed E-state index contributed by atoms with van der Waals surface area (Å²) in [5, 5.41) is 14.7. The normalized spacial score (nSPS) is 11.3. The van der Waals surface area contributed by atoms with E-state index in [1.807, 2.05) is 0 Å². The van der Waals surface area contributed by atoms with Crippen LogP contribution in [-0.4, -0.2) is 31.6 Å². The van der Waals surface area contributed by atoms with Gasteiger partial charge in [0.1, 0.15) is 5.03 Å². The molecule has 2 aromatic heterocycles. The lowest BCUT2D eigenvalue weighted by Crippen LogP contribution is -2.18. The number of amides is 1. The van der Waals surface area contributed by atoms with Crippen molar-refractivity contribution in [1.82, 2.24) is 20.0 Å². The molecule has 6 nitrogen and oxygen atoms in total. The number of para-hydroxylation sites is 1. The summed E-state index contributed by atoms with van der Waals surface area (Å²) in [4.78, 5) is 12.0. The number of carbonyl (C=O) groups excluding carboxylic acids is 1. The molecule has 134 valence electrons. The highest BCUT2D eigenvalue weighted by atomic mass is 32.2. The fourth-order valence-electron chi connectivity index (χ4n) is 2.08. The maximum absolute atomic E-state index is 12.9. The number of hydrogen-bond acceptors (Lipinski definition) is 5. The number of halogens is 3. The van der Waals surface area contributed by atoms with Gasteiger partial charge in [0.05, 0.1) is 17.0 Å². The van der Waals surface area contributed by atoms with E-state index in [1.165, 1.54) is 22.9 Å². The Morgan fingerprint density at radius 1 is 1.12 bits per heavy atom. The molecule has 0 atom stereocenters. The fraction of sp³-hybridized carbons (Fsp3) is 0.125. The molecule has 10 heteroatoms. The summed E-state index contributed by atoms with van der Waals surface area (Å²) in [6.07, 6.45) is -1.22. The number of nitrogens with one attached hydrogen (secondary N) is 1. The molecule has 3 aromatic rings. The molecule has 0 saturated heterocycles. The van der Waals surface area contributed by atoms with Crippen molar-refractivity contribution in [2.24, 2.45) is 0 Å². The first-order valence-corrected chi connectivity index (χ1v) is 8.34. The van der Waals surface area contributed by atoms with Crippen molar-refractivity contribution in [1.29, 1.82) is 0 Å². The predicted molar refractivity (Wildman–Crippen MR) is 90.0 cm³/mol. The molecule has 0 aliphatic rings. The van der Waals surface area contributed by atoms with Gasteiger partial charge < -0.3 is 5.32 Å². The summed E-state index contributed by atoms with van der Waals surface area (Å²) >= 11 is 1.07. The first-order valence-electron chi connectivity index (χ1n) is 7.36. The summed E-state index contributed by atoms with van der Waals surface area (Å²) < 4.78 is 40.3. The van der Waals surface area contributed by atoms with Gasteiger partial charge in [0, 0.05) is 12.4 Å². The first kappa shape index (κ1) is 17.9. The smallest absolute Gasteiger partial charge is 0.325 e. The molecule has 0 radical (unpaired) electrons. The second kappa shape index (κ2) is 7.56. The van der Waals surface area contributed by atoms with E-state index in [0.717, 1.165) is 17.8 Å². The van der Waals surface area contributed by atoms with E-state index in [-0.39, 0.29) is 11.4 Å². The topological polar surface area (TPSA) is 72.7 Å². The second-order valence-corrected chi connectivity index (χ2v) is 6.06. The predicted octanol–water partition coefficient (Wildman–Crippen LogP) is 3.41. The Bertz CT molecular complexity index is 882. The van der Waals surface area contributed by atoms with Crippen molar-refractivity contribution in [2.75, 3.05) is 11.1 Å². The minimum atomic E-state index is -4.54. The molecule has 1 amide bonds. The van der Waals surface area contributed by atoms with Crippen LogP contribution < -0.4 is 5.32 Å². The monoisotopic (exact) mass is 379 g/mol. The van der Waals surface area contributed by atoms with Gasteiger partial charge >= 0.3 is 6.18 Å². The molecule has 1 N–H and O–H groups in total. The molecule has 0 saturated carbocycles. The lowest BCUT2D eigenvalue weighted by molar-refractivity contribution is -0.137. The average Bonchev–Trinajstić information content (AvgIpc) is 3.15. The number of carbonyl (C=O) groups is 1. The third kappa shape index (κ3) is 4.39. The minimum Gasteiger partial charge on any atom is -0.325 e. The zero-order valence-corrected chi connectivity index (χ0v) is 14.0. The van der Waals surface area contributed by atoms with Crippen LogP contribution in [0.4, 0.5) is 18.9 Å². The van der Waals surface area contributed by atoms with Crippen molar-refractivity contribution in [3.8, 4) is 5.82 Å². The van der Waals surface area contributed by atoms with Crippen molar-refractivity contribution in [3.63, 3.8) is 0 Å². The standard InChI is InChI=1S/C16H12F3N5OS/c17-16(18,19)11-4-1-2-5-12(11)21-14(25)10-26-15-7-6-13(22-23-15)24-9-3-8-20-24/h1-9H,10H2,(H,21,25). The highest BCUT2D eigenvalue weighted by Crippen LogP contribution is 2.34. The van der Waals surface area contributed by atoms with Crippen LogP contribution in [-0.2, 0) is 11.0 Å². The van der Waals surface area contributed by atoms with E-state index in [0.29, 0.717) is 10.8 Å². The molecule has 0 bridgehead atoms. The van der Waals surface area contributed by atoms with E-state index in [2.05, 4.69) is 20.6 Å². The summed E-state index contributed by atoms with van der Waals surface area (Å²) in [6.45, 7) is 0. The Morgan fingerprint density at radius 3 is 2.58 bits per heavy atom. The Balaban J connectivity index is 1.60. The van der Waals surface area contributed by atoms with Gasteiger partial charge in [0.2, 0.25) is 5.91 Å². The van der Waals surface area contributed by atoms with Crippen LogP contribution >= 0.6 is 11.8 Å². The Labute approximate surface area is 150 Å². The largest absolute Gasteiger partial charge is 0.418 e. The highest BCUT2D eigenvalue weighted by Gasteiger charge is 2.33. The van der Waals surface area contributed by atoms with Crippen molar-refractivity contribution >= 4 is 23.4 Å². The maximum Gasteiger partial charge on any atom is 0.418 e. The molecule has 2 heterocycles. The van der Waals surface area contributed by atoms with Gasteiger partial charge in [-0.05, 0) is 30.3 Å². The number of hydrogen-bond donors (Lipinski definition) is 1. The SMILES string of the molecule is O=C(CSc1ccc(-n2cccn2)nn1)Nc1ccccc1C(F)(F)F. The van der Waals surface area contributed by atoms with Crippen LogP contribution in [0.3, 0.4) is 0 Å². The van der Waals surface area contributed by atoms with Crippen LogP contribution in [0, 0.1) is 0 Å². The maximum atomic E-state index is 12.9.